The van der Waals surface area contributed by atoms with Crippen LogP contribution in [0.1, 0.15) is 65.2 Å². The second kappa shape index (κ2) is 19.5. The summed E-state index contributed by atoms with van der Waals surface area (Å²) < 4.78 is 17.9. The monoisotopic (exact) mass is 320 g/mol. The summed E-state index contributed by atoms with van der Waals surface area (Å²) in [6.45, 7) is 5.30. The molecule has 0 heterocycles. The smallest absolute Gasteiger partial charge is 0.438 e. The number of ether oxygens (including phenoxy) is 4. The molecule has 0 saturated heterocycles. The van der Waals surface area contributed by atoms with E-state index in [4.69, 9.17) is 9.47 Å². The van der Waals surface area contributed by atoms with Crippen molar-refractivity contribution in [2.24, 2.45) is 0 Å². The standard InChI is InChI=1S/C13H26O3.C3H6O3/c1-3-5-7-9-11-15-13(14)16-12-10-8-6-4-2;1-5-3(4)6-2/h3-12H2,1-2H3;1-2H3. The van der Waals surface area contributed by atoms with Crippen LogP contribution >= 0.6 is 0 Å². The molecule has 0 spiro atoms. The summed E-state index contributed by atoms with van der Waals surface area (Å²) in [5.74, 6) is 0. The van der Waals surface area contributed by atoms with Gasteiger partial charge in [0.2, 0.25) is 0 Å². The maximum atomic E-state index is 11.1. The summed E-state index contributed by atoms with van der Waals surface area (Å²) >= 11 is 0. The van der Waals surface area contributed by atoms with E-state index in [1.165, 1.54) is 39.9 Å². The first-order valence-corrected chi connectivity index (χ1v) is 8.03. The van der Waals surface area contributed by atoms with Gasteiger partial charge in [-0.05, 0) is 12.8 Å². The summed E-state index contributed by atoms with van der Waals surface area (Å²) in [5.41, 5.74) is 0. The zero-order chi connectivity index (χ0) is 17.1. The maximum absolute atomic E-state index is 11.1. The lowest BCUT2D eigenvalue weighted by molar-refractivity contribution is 0.0529. The minimum absolute atomic E-state index is 0.494. The molecule has 0 aromatic carbocycles. The van der Waals surface area contributed by atoms with Gasteiger partial charge in [-0.3, -0.25) is 0 Å². The first-order valence-electron chi connectivity index (χ1n) is 8.03. The molecule has 22 heavy (non-hydrogen) atoms. The fourth-order valence-corrected chi connectivity index (χ4v) is 1.49. The molecule has 0 atom stereocenters. The molecule has 0 radical (unpaired) electrons. The fraction of sp³-hybridized carbons (Fsp3) is 0.875. The van der Waals surface area contributed by atoms with E-state index in [-0.39, 0.29) is 0 Å². The lowest BCUT2D eigenvalue weighted by Crippen LogP contribution is -2.09. The van der Waals surface area contributed by atoms with Gasteiger partial charge >= 0.3 is 12.3 Å². The van der Waals surface area contributed by atoms with E-state index in [0.717, 1.165) is 25.7 Å². The highest BCUT2D eigenvalue weighted by atomic mass is 16.7. The van der Waals surface area contributed by atoms with Crippen molar-refractivity contribution in [1.82, 2.24) is 0 Å². The van der Waals surface area contributed by atoms with Gasteiger partial charge in [-0.2, -0.15) is 0 Å². The van der Waals surface area contributed by atoms with Gasteiger partial charge in [0.15, 0.2) is 0 Å². The molecule has 0 aliphatic carbocycles. The Bertz CT molecular complexity index is 233. The molecule has 6 heteroatoms. The molecule has 0 saturated carbocycles. The minimum Gasteiger partial charge on any atom is -0.438 e. The first kappa shape index (κ1) is 22.8. The number of carbonyl (C=O) groups is 2. The van der Waals surface area contributed by atoms with Crippen molar-refractivity contribution >= 4 is 12.3 Å². The molecular weight excluding hydrogens is 288 g/mol. The summed E-state index contributed by atoms with van der Waals surface area (Å²) in [7, 11) is 2.51. The molecule has 132 valence electrons. The van der Waals surface area contributed by atoms with E-state index in [2.05, 4.69) is 23.3 Å². The Kier molecular flexibility index (Phi) is 20.3. The third-order valence-electron chi connectivity index (χ3n) is 2.77. The summed E-state index contributed by atoms with van der Waals surface area (Å²) in [5, 5.41) is 0. The maximum Gasteiger partial charge on any atom is 0.508 e. The second-order valence-electron chi connectivity index (χ2n) is 4.73. The van der Waals surface area contributed by atoms with Gasteiger partial charge in [-0.1, -0.05) is 52.4 Å². The van der Waals surface area contributed by atoms with Crippen molar-refractivity contribution in [2.45, 2.75) is 65.2 Å². The van der Waals surface area contributed by atoms with Crippen molar-refractivity contribution in [1.29, 1.82) is 0 Å². The van der Waals surface area contributed by atoms with Gasteiger partial charge in [0.25, 0.3) is 0 Å². The predicted octanol–water partition coefficient (Wildman–Crippen LogP) is 4.70. The number of unbranched alkanes of at least 4 members (excludes halogenated alkanes) is 6. The highest BCUT2D eigenvalue weighted by Crippen LogP contribution is 2.01. The molecule has 0 unspecified atom stereocenters. The second-order valence-corrected chi connectivity index (χ2v) is 4.73. The summed E-state index contributed by atoms with van der Waals surface area (Å²) in [6.07, 6.45) is 7.77. The van der Waals surface area contributed by atoms with Crippen molar-refractivity contribution in [2.75, 3.05) is 27.4 Å². The van der Waals surface area contributed by atoms with Crippen molar-refractivity contribution in [3.63, 3.8) is 0 Å². The number of hydrogen-bond donors (Lipinski definition) is 0. The Balaban J connectivity index is 0. The SMILES string of the molecule is CCCCCCOC(=O)OCCCCCC.COC(=O)OC. The Morgan fingerprint density at radius 2 is 1.05 bits per heavy atom. The molecule has 0 aromatic rings. The zero-order valence-electron chi connectivity index (χ0n) is 14.5. The number of rotatable bonds is 10. The molecule has 0 aromatic heterocycles. The topological polar surface area (TPSA) is 71.1 Å². The third-order valence-corrected chi connectivity index (χ3v) is 2.77. The van der Waals surface area contributed by atoms with Crippen LogP contribution in [0.2, 0.25) is 0 Å². The van der Waals surface area contributed by atoms with Gasteiger partial charge in [0.05, 0.1) is 27.4 Å². The van der Waals surface area contributed by atoms with Crippen LogP contribution in [0, 0.1) is 0 Å². The molecule has 0 amide bonds. The number of methoxy groups -OCH3 is 2. The lowest BCUT2D eigenvalue weighted by Gasteiger charge is -2.05. The highest BCUT2D eigenvalue weighted by molar-refractivity contribution is 5.59. The van der Waals surface area contributed by atoms with Crippen molar-refractivity contribution in [3.05, 3.63) is 0 Å². The van der Waals surface area contributed by atoms with Crippen molar-refractivity contribution < 1.29 is 28.5 Å². The predicted molar refractivity (Wildman–Crippen MR) is 85.0 cm³/mol. The van der Waals surface area contributed by atoms with E-state index < -0.39 is 12.3 Å². The van der Waals surface area contributed by atoms with E-state index in [1.54, 1.807) is 0 Å². The number of carbonyl (C=O) groups excluding carboxylic acids is 2. The lowest BCUT2D eigenvalue weighted by atomic mass is 10.2. The molecule has 0 N–H and O–H groups in total. The highest BCUT2D eigenvalue weighted by Gasteiger charge is 2.02. The van der Waals surface area contributed by atoms with Gasteiger partial charge in [-0.15, -0.1) is 0 Å². The average Bonchev–Trinajstić information content (AvgIpc) is 2.54. The van der Waals surface area contributed by atoms with Crippen LogP contribution in [-0.4, -0.2) is 39.7 Å². The number of hydrogen-bond acceptors (Lipinski definition) is 6. The van der Waals surface area contributed by atoms with Crippen LogP contribution in [0.15, 0.2) is 0 Å². The molecular formula is C16H32O6. The largest absolute Gasteiger partial charge is 0.508 e. The Hall–Kier alpha value is -1.46. The molecule has 0 aliphatic rings. The van der Waals surface area contributed by atoms with Gasteiger partial charge < -0.3 is 18.9 Å². The van der Waals surface area contributed by atoms with Gasteiger partial charge in [-0.25, -0.2) is 9.59 Å². The summed E-state index contributed by atoms with van der Waals surface area (Å²) in [4.78, 5) is 20.8. The quantitative estimate of drug-likeness (QED) is 0.429. The van der Waals surface area contributed by atoms with E-state index in [1.807, 2.05) is 0 Å². The Morgan fingerprint density at radius 3 is 1.32 bits per heavy atom. The normalized spacial score (nSPS) is 9.27. The van der Waals surface area contributed by atoms with Crippen LogP contribution < -0.4 is 0 Å². The Labute approximate surface area is 134 Å². The zero-order valence-corrected chi connectivity index (χ0v) is 14.5. The Morgan fingerprint density at radius 1 is 0.636 bits per heavy atom. The van der Waals surface area contributed by atoms with Crippen LogP contribution in [0.5, 0.6) is 0 Å². The fourth-order valence-electron chi connectivity index (χ4n) is 1.49. The first-order chi connectivity index (χ1) is 10.6. The molecule has 6 nitrogen and oxygen atoms in total. The third kappa shape index (κ3) is 20.8. The average molecular weight is 320 g/mol. The van der Waals surface area contributed by atoms with E-state index in [0.29, 0.717) is 13.2 Å². The summed E-state index contributed by atoms with van der Waals surface area (Å²) in [6, 6.07) is 0. The van der Waals surface area contributed by atoms with Gasteiger partial charge in [0, 0.05) is 0 Å². The van der Waals surface area contributed by atoms with Crippen molar-refractivity contribution in [3.8, 4) is 0 Å². The minimum atomic E-state index is -0.657. The van der Waals surface area contributed by atoms with E-state index in [9.17, 15) is 9.59 Å². The molecule has 0 rings (SSSR count). The van der Waals surface area contributed by atoms with Gasteiger partial charge in [0.1, 0.15) is 0 Å². The van der Waals surface area contributed by atoms with Crippen LogP contribution in [0.4, 0.5) is 9.59 Å². The molecule has 0 bridgehead atoms. The molecule has 0 aliphatic heterocycles. The van der Waals surface area contributed by atoms with Crippen LogP contribution in [0.25, 0.3) is 0 Å². The van der Waals surface area contributed by atoms with Crippen LogP contribution in [0.3, 0.4) is 0 Å². The molecule has 0 fully saturated rings. The van der Waals surface area contributed by atoms with Crippen LogP contribution in [-0.2, 0) is 18.9 Å². The van der Waals surface area contributed by atoms with E-state index >= 15 is 0 Å².